The van der Waals surface area contributed by atoms with E-state index in [1.54, 1.807) is 13.2 Å². The average molecular weight is 284 g/mol. The van der Waals surface area contributed by atoms with Crippen molar-refractivity contribution >= 4 is 23.3 Å². The van der Waals surface area contributed by atoms with Crippen LogP contribution in [0.4, 0.5) is 5.69 Å². The van der Waals surface area contributed by atoms with Gasteiger partial charge in [0.15, 0.2) is 0 Å². The molecule has 2 atom stereocenters. The van der Waals surface area contributed by atoms with Crippen LogP contribution >= 0.6 is 11.6 Å². The lowest BCUT2D eigenvalue weighted by molar-refractivity contribution is -0.142. The molecule has 1 aromatic carbocycles. The summed E-state index contributed by atoms with van der Waals surface area (Å²) < 4.78 is 5.28. The lowest BCUT2D eigenvalue weighted by atomic mass is 9.85. The maximum atomic E-state index is 11.1. The number of nitrogens with one attached hydrogen (secondary N) is 1. The van der Waals surface area contributed by atoms with E-state index in [9.17, 15) is 4.79 Å². The van der Waals surface area contributed by atoms with Gasteiger partial charge in [-0.2, -0.15) is 0 Å². The molecule has 104 valence electrons. The Labute approximate surface area is 117 Å². The van der Waals surface area contributed by atoms with Gasteiger partial charge in [-0.1, -0.05) is 18.0 Å². The van der Waals surface area contributed by atoms with E-state index >= 15 is 0 Å². The molecule has 1 saturated carbocycles. The number of benzene rings is 1. The number of carbonyl (C=O) groups is 1. The van der Waals surface area contributed by atoms with Crippen molar-refractivity contribution in [2.45, 2.75) is 31.7 Å². The van der Waals surface area contributed by atoms with Crippen LogP contribution in [0.1, 0.15) is 25.7 Å². The first-order chi connectivity index (χ1) is 9.10. The highest BCUT2D eigenvalue weighted by atomic mass is 35.5. The summed E-state index contributed by atoms with van der Waals surface area (Å²) in [5.41, 5.74) is 0.825. The first kappa shape index (κ1) is 14.0. The van der Waals surface area contributed by atoms with Crippen molar-refractivity contribution in [2.24, 2.45) is 5.92 Å². The Hall–Kier alpha value is -1.42. The summed E-state index contributed by atoms with van der Waals surface area (Å²) in [5, 5.41) is 13.1. The Morgan fingerprint density at radius 3 is 2.95 bits per heavy atom. The number of halogens is 1. The normalized spacial score (nSPS) is 22.8. The van der Waals surface area contributed by atoms with Gasteiger partial charge in [0.2, 0.25) is 0 Å². The number of carboxylic acids is 1. The average Bonchev–Trinajstić information content (AvgIpc) is 2.39. The molecule has 0 amide bonds. The minimum Gasteiger partial charge on any atom is -0.495 e. The molecule has 2 unspecified atom stereocenters. The van der Waals surface area contributed by atoms with Gasteiger partial charge in [-0.25, -0.2) is 0 Å². The summed E-state index contributed by atoms with van der Waals surface area (Å²) in [5.74, 6) is -0.233. The number of hydrogen-bond acceptors (Lipinski definition) is 3. The summed E-state index contributed by atoms with van der Waals surface area (Å²) in [4.78, 5) is 11.1. The summed E-state index contributed by atoms with van der Waals surface area (Å²) >= 11 is 5.98. The molecule has 0 spiro atoms. The molecule has 2 rings (SSSR count). The molecule has 0 saturated heterocycles. The molecular weight excluding hydrogens is 266 g/mol. The van der Waals surface area contributed by atoms with E-state index in [0.717, 1.165) is 30.7 Å². The molecule has 0 aliphatic heterocycles. The molecule has 0 heterocycles. The van der Waals surface area contributed by atoms with Gasteiger partial charge in [-0.05, 0) is 37.5 Å². The maximum absolute atomic E-state index is 11.1. The molecule has 1 fully saturated rings. The van der Waals surface area contributed by atoms with Crippen LogP contribution in [0.5, 0.6) is 5.75 Å². The highest BCUT2D eigenvalue weighted by Crippen LogP contribution is 2.32. The van der Waals surface area contributed by atoms with Gasteiger partial charge in [0.25, 0.3) is 0 Å². The van der Waals surface area contributed by atoms with Gasteiger partial charge < -0.3 is 15.2 Å². The van der Waals surface area contributed by atoms with Crippen molar-refractivity contribution in [3.05, 3.63) is 23.2 Å². The van der Waals surface area contributed by atoms with Gasteiger partial charge in [0, 0.05) is 11.1 Å². The van der Waals surface area contributed by atoms with Gasteiger partial charge in [0.1, 0.15) is 5.75 Å². The minimum atomic E-state index is -0.704. The third-order valence-electron chi connectivity index (χ3n) is 3.54. The summed E-state index contributed by atoms with van der Waals surface area (Å²) in [6.07, 6.45) is 3.31. The van der Waals surface area contributed by atoms with Crippen LogP contribution in [-0.2, 0) is 4.79 Å². The first-order valence-corrected chi connectivity index (χ1v) is 6.81. The van der Waals surface area contributed by atoms with Crippen LogP contribution in [0.2, 0.25) is 5.02 Å². The van der Waals surface area contributed by atoms with Crippen LogP contribution in [0, 0.1) is 5.92 Å². The smallest absolute Gasteiger partial charge is 0.306 e. The third-order valence-corrected chi connectivity index (χ3v) is 3.78. The molecule has 19 heavy (non-hydrogen) atoms. The largest absolute Gasteiger partial charge is 0.495 e. The zero-order valence-electron chi connectivity index (χ0n) is 10.9. The molecule has 4 nitrogen and oxygen atoms in total. The fourth-order valence-electron chi connectivity index (χ4n) is 2.56. The van der Waals surface area contributed by atoms with Gasteiger partial charge >= 0.3 is 5.97 Å². The Balaban J connectivity index is 2.08. The Bertz CT molecular complexity index is 464. The van der Waals surface area contributed by atoms with Crippen molar-refractivity contribution in [2.75, 3.05) is 12.4 Å². The van der Waals surface area contributed by atoms with Crippen molar-refractivity contribution in [3.8, 4) is 5.75 Å². The van der Waals surface area contributed by atoms with Gasteiger partial charge in [-0.15, -0.1) is 0 Å². The number of carboxylic acid groups (broad SMARTS) is 1. The molecule has 0 radical (unpaired) electrons. The standard InChI is InChI=1S/C14H18ClNO3/c1-19-13-6-5-10(15)8-12(13)16-11-4-2-3-9(7-11)14(17)18/h5-6,8-9,11,16H,2-4,7H2,1H3,(H,17,18). The minimum absolute atomic E-state index is 0.155. The predicted molar refractivity (Wildman–Crippen MR) is 75.0 cm³/mol. The SMILES string of the molecule is COc1ccc(Cl)cc1NC1CCCC(C(=O)O)C1. The Morgan fingerprint density at radius 1 is 1.47 bits per heavy atom. The van der Waals surface area contributed by atoms with Crippen molar-refractivity contribution in [1.82, 2.24) is 0 Å². The van der Waals surface area contributed by atoms with Crippen molar-refractivity contribution in [1.29, 1.82) is 0 Å². The van der Waals surface area contributed by atoms with E-state index in [0.29, 0.717) is 11.4 Å². The lowest BCUT2D eigenvalue weighted by Crippen LogP contribution is -2.31. The summed E-state index contributed by atoms with van der Waals surface area (Å²) in [6.45, 7) is 0. The second kappa shape index (κ2) is 6.15. The van der Waals surface area contributed by atoms with E-state index in [4.69, 9.17) is 21.4 Å². The number of anilines is 1. The van der Waals surface area contributed by atoms with E-state index in [2.05, 4.69) is 5.32 Å². The predicted octanol–water partition coefficient (Wildman–Crippen LogP) is 3.40. The van der Waals surface area contributed by atoms with Crippen LogP contribution in [0.25, 0.3) is 0 Å². The number of rotatable bonds is 4. The molecule has 0 aromatic heterocycles. The van der Waals surface area contributed by atoms with E-state index in [1.807, 2.05) is 12.1 Å². The number of ether oxygens (including phenoxy) is 1. The third kappa shape index (κ3) is 3.53. The van der Waals surface area contributed by atoms with Crippen LogP contribution < -0.4 is 10.1 Å². The molecular formula is C14H18ClNO3. The first-order valence-electron chi connectivity index (χ1n) is 6.43. The monoisotopic (exact) mass is 283 g/mol. The fourth-order valence-corrected chi connectivity index (χ4v) is 2.73. The molecule has 1 aromatic rings. The quantitative estimate of drug-likeness (QED) is 0.889. The van der Waals surface area contributed by atoms with Crippen LogP contribution in [0.3, 0.4) is 0 Å². The molecule has 2 N–H and O–H groups in total. The van der Waals surface area contributed by atoms with Crippen LogP contribution in [0.15, 0.2) is 18.2 Å². The highest BCUT2D eigenvalue weighted by Gasteiger charge is 2.27. The maximum Gasteiger partial charge on any atom is 0.306 e. The Morgan fingerprint density at radius 2 is 2.26 bits per heavy atom. The number of aliphatic carboxylic acids is 1. The second-order valence-electron chi connectivity index (χ2n) is 4.89. The van der Waals surface area contributed by atoms with E-state index < -0.39 is 5.97 Å². The van der Waals surface area contributed by atoms with E-state index in [-0.39, 0.29) is 12.0 Å². The van der Waals surface area contributed by atoms with Gasteiger partial charge in [0.05, 0.1) is 18.7 Å². The van der Waals surface area contributed by atoms with Crippen molar-refractivity contribution < 1.29 is 14.6 Å². The number of hydrogen-bond donors (Lipinski definition) is 2. The molecule has 1 aliphatic rings. The van der Waals surface area contributed by atoms with Crippen molar-refractivity contribution in [3.63, 3.8) is 0 Å². The lowest BCUT2D eigenvalue weighted by Gasteiger charge is -2.28. The topological polar surface area (TPSA) is 58.6 Å². The summed E-state index contributed by atoms with van der Waals surface area (Å²) in [7, 11) is 1.61. The fraction of sp³-hybridized carbons (Fsp3) is 0.500. The van der Waals surface area contributed by atoms with Gasteiger partial charge in [-0.3, -0.25) is 4.79 Å². The summed E-state index contributed by atoms with van der Waals surface area (Å²) in [6, 6.07) is 5.54. The Kier molecular flexibility index (Phi) is 4.53. The van der Waals surface area contributed by atoms with E-state index in [1.165, 1.54) is 0 Å². The number of methoxy groups -OCH3 is 1. The molecule has 0 bridgehead atoms. The zero-order valence-corrected chi connectivity index (χ0v) is 11.6. The zero-order chi connectivity index (χ0) is 13.8. The molecule has 1 aliphatic carbocycles. The highest BCUT2D eigenvalue weighted by molar-refractivity contribution is 6.30. The molecule has 5 heteroatoms. The second-order valence-corrected chi connectivity index (χ2v) is 5.32. The van der Waals surface area contributed by atoms with Crippen LogP contribution in [-0.4, -0.2) is 24.2 Å².